The number of morpholine rings is 2. The number of ether oxygens (including phenoxy) is 2. The number of hydrogen-bond acceptors (Lipinski definition) is 7. The third-order valence-corrected chi connectivity index (χ3v) is 7.21. The van der Waals surface area contributed by atoms with Gasteiger partial charge in [-0.1, -0.05) is 12.1 Å². The highest BCUT2D eigenvalue weighted by Crippen LogP contribution is 2.32. The molecule has 38 heavy (non-hydrogen) atoms. The molecule has 6 rings (SSSR count). The van der Waals surface area contributed by atoms with Crippen LogP contribution in [0.15, 0.2) is 60.7 Å². The van der Waals surface area contributed by atoms with Crippen LogP contribution in [-0.4, -0.2) is 68.5 Å². The average molecular weight is 513 g/mol. The Morgan fingerprint density at radius 2 is 1.63 bits per heavy atom. The van der Waals surface area contributed by atoms with E-state index in [1.165, 1.54) is 0 Å². The second-order valence-corrected chi connectivity index (χ2v) is 9.52. The summed E-state index contributed by atoms with van der Waals surface area (Å²) in [4.78, 5) is 25.8. The van der Waals surface area contributed by atoms with Crippen LogP contribution in [0.4, 0.5) is 17.1 Å². The van der Waals surface area contributed by atoms with Gasteiger partial charge in [0.05, 0.1) is 37.5 Å². The van der Waals surface area contributed by atoms with Crippen LogP contribution in [0, 0.1) is 0 Å². The van der Waals surface area contributed by atoms with Gasteiger partial charge < -0.3 is 35.3 Å². The molecule has 2 aliphatic rings. The number of nitrogens with one attached hydrogen (secondary N) is 2. The fraction of sp³-hybridized carbons (Fsp3) is 0.310. The molecule has 4 N–H and O–H groups in total. The highest BCUT2D eigenvalue weighted by Gasteiger charge is 2.19. The molecule has 1 aromatic heterocycles. The zero-order valence-electron chi connectivity index (χ0n) is 21.3. The fourth-order valence-electron chi connectivity index (χ4n) is 5.17. The summed E-state index contributed by atoms with van der Waals surface area (Å²) < 4.78 is 10.9. The summed E-state index contributed by atoms with van der Waals surface area (Å²) in [5, 5.41) is 3.01. The van der Waals surface area contributed by atoms with Crippen LogP contribution in [0.3, 0.4) is 0 Å². The molecular formula is C29H32N6O3. The highest BCUT2D eigenvalue weighted by atomic mass is 16.5. The number of nitrogens with two attached hydrogens (primary N) is 1. The van der Waals surface area contributed by atoms with Crippen LogP contribution in [0.25, 0.3) is 22.4 Å². The van der Waals surface area contributed by atoms with E-state index in [0.29, 0.717) is 31.0 Å². The molecule has 0 aliphatic carbocycles. The first-order valence-electron chi connectivity index (χ1n) is 13.1. The zero-order chi connectivity index (χ0) is 25.9. The minimum atomic E-state index is -0.152. The molecule has 196 valence electrons. The first-order valence-corrected chi connectivity index (χ1v) is 13.1. The molecule has 0 bridgehead atoms. The molecule has 2 aliphatic heterocycles. The van der Waals surface area contributed by atoms with Crippen LogP contribution >= 0.6 is 0 Å². The lowest BCUT2D eigenvalue weighted by atomic mass is 10.0. The van der Waals surface area contributed by atoms with E-state index >= 15 is 0 Å². The summed E-state index contributed by atoms with van der Waals surface area (Å²) >= 11 is 0. The number of carbonyl (C=O) groups excluding carboxylic acids is 1. The lowest BCUT2D eigenvalue weighted by molar-refractivity contribution is 0.102. The second kappa shape index (κ2) is 10.8. The molecule has 2 fully saturated rings. The number of anilines is 3. The molecule has 2 saturated heterocycles. The van der Waals surface area contributed by atoms with Crippen LogP contribution < -0.4 is 20.9 Å². The van der Waals surface area contributed by atoms with Gasteiger partial charge in [-0.2, -0.15) is 0 Å². The van der Waals surface area contributed by atoms with Gasteiger partial charge in [0.15, 0.2) is 0 Å². The van der Waals surface area contributed by atoms with Crippen molar-refractivity contribution in [1.29, 1.82) is 0 Å². The van der Waals surface area contributed by atoms with Crippen molar-refractivity contribution in [3.05, 3.63) is 71.8 Å². The Labute approximate surface area is 221 Å². The van der Waals surface area contributed by atoms with Crippen molar-refractivity contribution in [3.63, 3.8) is 0 Å². The number of hydrogen-bond donors (Lipinski definition) is 3. The van der Waals surface area contributed by atoms with Gasteiger partial charge in [0.25, 0.3) is 5.91 Å². The molecule has 9 nitrogen and oxygen atoms in total. The Hall–Kier alpha value is -3.92. The Bertz CT molecular complexity index is 1420. The van der Waals surface area contributed by atoms with E-state index in [2.05, 4.69) is 26.2 Å². The lowest BCUT2D eigenvalue weighted by Gasteiger charge is -2.31. The minimum absolute atomic E-state index is 0.152. The van der Waals surface area contributed by atoms with Gasteiger partial charge in [-0.15, -0.1) is 0 Å². The van der Waals surface area contributed by atoms with E-state index in [4.69, 9.17) is 20.2 Å². The second-order valence-electron chi connectivity index (χ2n) is 9.52. The number of fused-ring (bicyclic) bond motifs is 1. The molecule has 0 spiro atoms. The summed E-state index contributed by atoms with van der Waals surface area (Å²) in [7, 11) is 0. The van der Waals surface area contributed by atoms with Gasteiger partial charge >= 0.3 is 0 Å². The SMILES string of the molecule is NCc1c(-c2nc3ccc(NC(=O)c4ccc(N5CCOCC5)cc4)cc3[nH]2)cccc1N1CCOCC1. The number of carbonyl (C=O) groups is 1. The standard InChI is InChI=1S/C29H32N6O3/c30-19-24-23(2-1-3-27(24)35-12-16-38-17-13-35)28-32-25-9-6-21(18-26(25)33-28)31-29(36)20-4-7-22(8-5-20)34-10-14-37-15-11-34/h1-9,18H,10-17,19,30H2,(H,31,36)(H,32,33). The van der Waals surface area contributed by atoms with Crippen molar-refractivity contribution in [1.82, 2.24) is 9.97 Å². The molecule has 0 unspecified atom stereocenters. The maximum atomic E-state index is 12.9. The van der Waals surface area contributed by atoms with Crippen LogP contribution in [0.2, 0.25) is 0 Å². The Morgan fingerprint density at radius 3 is 2.34 bits per heavy atom. The van der Waals surface area contributed by atoms with E-state index in [-0.39, 0.29) is 5.91 Å². The molecule has 0 radical (unpaired) electrons. The van der Waals surface area contributed by atoms with Gasteiger partial charge in [0, 0.05) is 60.9 Å². The topological polar surface area (TPSA) is 109 Å². The smallest absolute Gasteiger partial charge is 0.255 e. The van der Waals surface area contributed by atoms with E-state index in [0.717, 1.165) is 78.8 Å². The maximum absolute atomic E-state index is 12.9. The van der Waals surface area contributed by atoms with Crippen molar-refractivity contribution >= 4 is 34.0 Å². The van der Waals surface area contributed by atoms with Gasteiger partial charge in [-0.3, -0.25) is 4.79 Å². The highest BCUT2D eigenvalue weighted by molar-refractivity contribution is 6.05. The number of H-pyrrole nitrogens is 1. The number of nitrogens with zero attached hydrogens (tertiary/aromatic N) is 3. The van der Waals surface area contributed by atoms with E-state index in [1.807, 2.05) is 54.6 Å². The Balaban J connectivity index is 1.21. The fourth-order valence-corrected chi connectivity index (χ4v) is 5.17. The molecule has 3 heterocycles. The third-order valence-electron chi connectivity index (χ3n) is 7.21. The molecule has 1 amide bonds. The summed E-state index contributed by atoms with van der Waals surface area (Å²) in [5.74, 6) is 0.610. The molecule has 3 aromatic carbocycles. The first-order chi connectivity index (χ1) is 18.7. The Morgan fingerprint density at radius 1 is 0.921 bits per heavy atom. The van der Waals surface area contributed by atoms with E-state index < -0.39 is 0 Å². The number of aromatic amines is 1. The van der Waals surface area contributed by atoms with E-state index in [1.54, 1.807) is 0 Å². The van der Waals surface area contributed by atoms with Gasteiger partial charge in [0.2, 0.25) is 0 Å². The van der Waals surface area contributed by atoms with Crippen molar-refractivity contribution in [2.45, 2.75) is 6.54 Å². The summed E-state index contributed by atoms with van der Waals surface area (Å²) in [6.07, 6.45) is 0. The number of imidazole rings is 1. The normalized spacial score (nSPS) is 16.1. The zero-order valence-corrected chi connectivity index (χ0v) is 21.3. The number of benzene rings is 3. The van der Waals surface area contributed by atoms with Crippen LogP contribution in [0.1, 0.15) is 15.9 Å². The minimum Gasteiger partial charge on any atom is -0.378 e. The molecule has 0 saturated carbocycles. The maximum Gasteiger partial charge on any atom is 0.255 e. The summed E-state index contributed by atoms with van der Waals surface area (Å²) in [6, 6.07) is 19.6. The van der Waals surface area contributed by atoms with Gasteiger partial charge in [-0.05, 0) is 54.1 Å². The van der Waals surface area contributed by atoms with Crippen molar-refractivity contribution in [2.75, 3.05) is 67.7 Å². The third kappa shape index (κ3) is 4.96. The first kappa shape index (κ1) is 24.4. The number of amides is 1. The van der Waals surface area contributed by atoms with Crippen LogP contribution in [-0.2, 0) is 16.0 Å². The quantitative estimate of drug-likeness (QED) is 0.362. The lowest BCUT2D eigenvalue weighted by Crippen LogP contribution is -2.37. The largest absolute Gasteiger partial charge is 0.378 e. The Kier molecular flexibility index (Phi) is 6.96. The van der Waals surface area contributed by atoms with Gasteiger partial charge in [0.1, 0.15) is 5.82 Å². The summed E-state index contributed by atoms with van der Waals surface area (Å²) in [6.45, 7) is 6.71. The molecule has 9 heteroatoms. The number of rotatable bonds is 6. The van der Waals surface area contributed by atoms with Gasteiger partial charge in [-0.25, -0.2) is 4.98 Å². The number of aromatic nitrogens is 2. The molecule has 0 atom stereocenters. The predicted molar refractivity (Wildman–Crippen MR) is 150 cm³/mol. The van der Waals surface area contributed by atoms with Crippen molar-refractivity contribution in [3.8, 4) is 11.4 Å². The van der Waals surface area contributed by atoms with Crippen molar-refractivity contribution < 1.29 is 14.3 Å². The monoisotopic (exact) mass is 512 g/mol. The average Bonchev–Trinajstić information content (AvgIpc) is 3.41. The predicted octanol–water partition coefficient (Wildman–Crippen LogP) is 3.61. The van der Waals surface area contributed by atoms with Crippen molar-refractivity contribution in [2.24, 2.45) is 5.73 Å². The molecular weight excluding hydrogens is 480 g/mol. The van der Waals surface area contributed by atoms with E-state index in [9.17, 15) is 4.79 Å². The van der Waals surface area contributed by atoms with Crippen LogP contribution in [0.5, 0.6) is 0 Å². The molecule has 4 aromatic rings. The summed E-state index contributed by atoms with van der Waals surface area (Å²) in [5.41, 5.74) is 13.5.